The van der Waals surface area contributed by atoms with Crippen LogP contribution in [0.5, 0.6) is 0 Å². The molecular weight excluding hydrogens is 299 g/mol. The molecule has 1 heterocycles. The van der Waals surface area contributed by atoms with Gasteiger partial charge in [-0.15, -0.1) is 5.10 Å². The third-order valence-electron chi connectivity index (χ3n) is 2.91. The minimum atomic E-state index is -0.275. The number of nitrogens with one attached hydrogen (secondary N) is 1. The molecule has 1 aromatic heterocycles. The summed E-state index contributed by atoms with van der Waals surface area (Å²) in [5.74, 6) is -0.275. The van der Waals surface area contributed by atoms with E-state index in [1.807, 2.05) is 0 Å². The maximum atomic E-state index is 13.1. The van der Waals surface area contributed by atoms with E-state index in [2.05, 4.69) is 31.6 Å². The number of hydrogen-bond donors (Lipinski definition) is 1. The zero-order valence-corrected chi connectivity index (χ0v) is 11.2. The van der Waals surface area contributed by atoms with Gasteiger partial charge in [0.15, 0.2) is 0 Å². The number of nitrogens with zero attached hydrogens (tertiary/aromatic N) is 3. The molecule has 3 rings (SSSR count). The van der Waals surface area contributed by atoms with Crippen molar-refractivity contribution in [1.82, 2.24) is 20.3 Å². The molecule has 1 aromatic carbocycles. The third kappa shape index (κ3) is 2.44. The number of halogens is 2. The molecule has 1 fully saturated rings. The van der Waals surface area contributed by atoms with Crippen molar-refractivity contribution in [3.8, 4) is 5.69 Å². The molecule has 1 aliphatic carbocycles. The molecule has 1 saturated carbocycles. The average Bonchev–Trinajstić information content (AvgIpc) is 3.06. The van der Waals surface area contributed by atoms with Gasteiger partial charge < -0.3 is 5.32 Å². The van der Waals surface area contributed by atoms with Gasteiger partial charge in [-0.3, -0.25) is 0 Å². The van der Waals surface area contributed by atoms with Crippen LogP contribution in [0.1, 0.15) is 18.5 Å². The lowest BCUT2D eigenvalue weighted by molar-refractivity contribution is 0.622. The molecule has 0 spiro atoms. The van der Waals surface area contributed by atoms with Crippen LogP contribution in [0.3, 0.4) is 0 Å². The average molecular weight is 311 g/mol. The van der Waals surface area contributed by atoms with Crippen molar-refractivity contribution in [2.75, 3.05) is 0 Å². The van der Waals surface area contributed by atoms with E-state index in [1.165, 1.54) is 25.0 Å². The lowest BCUT2D eigenvalue weighted by atomic mass is 10.3. The molecule has 2 aromatic rings. The molecule has 6 heteroatoms. The van der Waals surface area contributed by atoms with Gasteiger partial charge >= 0.3 is 0 Å². The van der Waals surface area contributed by atoms with E-state index in [0.717, 1.165) is 17.9 Å². The standard InChI is InChI=1S/C12H12BrFN4/c13-11-5-8(14)1-4-12(11)18-10(7-16-17-18)6-15-9-2-3-9/h1,4-5,7,9,15H,2-3,6H2. The molecule has 0 atom stereocenters. The van der Waals surface area contributed by atoms with Crippen molar-refractivity contribution in [1.29, 1.82) is 0 Å². The van der Waals surface area contributed by atoms with Gasteiger partial charge in [-0.25, -0.2) is 9.07 Å². The summed E-state index contributed by atoms with van der Waals surface area (Å²) in [6.45, 7) is 0.724. The zero-order chi connectivity index (χ0) is 12.5. The number of hydrogen-bond acceptors (Lipinski definition) is 3. The van der Waals surface area contributed by atoms with Crippen molar-refractivity contribution in [2.45, 2.75) is 25.4 Å². The summed E-state index contributed by atoms with van der Waals surface area (Å²) in [6.07, 6.45) is 4.20. The highest BCUT2D eigenvalue weighted by Gasteiger charge is 2.21. The van der Waals surface area contributed by atoms with Gasteiger partial charge in [-0.1, -0.05) is 5.21 Å². The van der Waals surface area contributed by atoms with Gasteiger partial charge in [-0.05, 0) is 47.0 Å². The monoisotopic (exact) mass is 310 g/mol. The first-order chi connectivity index (χ1) is 8.74. The van der Waals surface area contributed by atoms with E-state index < -0.39 is 0 Å². The second kappa shape index (κ2) is 4.78. The van der Waals surface area contributed by atoms with Gasteiger partial charge in [0.05, 0.1) is 17.6 Å². The predicted octanol–water partition coefficient (Wildman–Crippen LogP) is 2.42. The lowest BCUT2D eigenvalue weighted by Gasteiger charge is -2.08. The minimum absolute atomic E-state index is 0.275. The summed E-state index contributed by atoms with van der Waals surface area (Å²) in [5.41, 5.74) is 1.76. The molecule has 0 amide bonds. The van der Waals surface area contributed by atoms with Crippen LogP contribution >= 0.6 is 15.9 Å². The fourth-order valence-corrected chi connectivity index (χ4v) is 2.29. The first-order valence-corrected chi connectivity index (χ1v) is 6.62. The molecule has 18 heavy (non-hydrogen) atoms. The summed E-state index contributed by atoms with van der Waals surface area (Å²) in [7, 11) is 0. The van der Waals surface area contributed by atoms with Gasteiger partial charge in [0.25, 0.3) is 0 Å². The van der Waals surface area contributed by atoms with Crippen LogP contribution in [0.25, 0.3) is 5.69 Å². The summed E-state index contributed by atoms with van der Waals surface area (Å²) in [4.78, 5) is 0. The molecule has 4 nitrogen and oxygen atoms in total. The molecule has 0 radical (unpaired) electrons. The molecule has 0 aliphatic heterocycles. The van der Waals surface area contributed by atoms with Gasteiger partial charge in [0.2, 0.25) is 0 Å². The second-order valence-electron chi connectivity index (χ2n) is 4.39. The molecule has 0 saturated heterocycles. The van der Waals surface area contributed by atoms with Crippen LogP contribution < -0.4 is 5.32 Å². The van der Waals surface area contributed by atoms with E-state index >= 15 is 0 Å². The van der Waals surface area contributed by atoms with Crippen molar-refractivity contribution in [3.05, 3.63) is 40.4 Å². The van der Waals surface area contributed by atoms with E-state index in [-0.39, 0.29) is 5.82 Å². The highest BCUT2D eigenvalue weighted by atomic mass is 79.9. The Kier molecular flexibility index (Phi) is 3.13. The molecule has 1 N–H and O–H groups in total. The van der Waals surface area contributed by atoms with E-state index in [1.54, 1.807) is 16.9 Å². The largest absolute Gasteiger partial charge is 0.308 e. The first kappa shape index (κ1) is 11.8. The minimum Gasteiger partial charge on any atom is -0.308 e. The maximum Gasteiger partial charge on any atom is 0.124 e. The van der Waals surface area contributed by atoms with Crippen LogP contribution in [0.15, 0.2) is 28.9 Å². The smallest absolute Gasteiger partial charge is 0.124 e. The van der Waals surface area contributed by atoms with Crippen LogP contribution in [0.2, 0.25) is 0 Å². The fourth-order valence-electron chi connectivity index (χ4n) is 1.77. The number of rotatable bonds is 4. The Labute approximate surface area is 112 Å². The van der Waals surface area contributed by atoms with Crippen LogP contribution in [0.4, 0.5) is 4.39 Å². The summed E-state index contributed by atoms with van der Waals surface area (Å²) in [5, 5.41) is 11.4. The SMILES string of the molecule is Fc1ccc(-n2nncc2CNC2CC2)c(Br)c1. The predicted molar refractivity (Wildman–Crippen MR) is 68.9 cm³/mol. The van der Waals surface area contributed by atoms with E-state index in [0.29, 0.717) is 10.5 Å². The Bertz CT molecular complexity index is 565. The van der Waals surface area contributed by atoms with Gasteiger partial charge in [0.1, 0.15) is 5.82 Å². The Morgan fingerprint density at radius 2 is 2.28 bits per heavy atom. The van der Waals surface area contributed by atoms with Crippen molar-refractivity contribution >= 4 is 15.9 Å². The summed E-state index contributed by atoms with van der Waals surface area (Å²) < 4.78 is 15.5. The third-order valence-corrected chi connectivity index (χ3v) is 3.54. The molecular formula is C12H12BrFN4. The van der Waals surface area contributed by atoms with Crippen molar-refractivity contribution in [2.24, 2.45) is 0 Å². The van der Waals surface area contributed by atoms with Crippen LogP contribution in [0, 0.1) is 5.82 Å². The first-order valence-electron chi connectivity index (χ1n) is 5.82. The quantitative estimate of drug-likeness (QED) is 0.943. The van der Waals surface area contributed by atoms with Gasteiger partial charge in [-0.2, -0.15) is 0 Å². The van der Waals surface area contributed by atoms with E-state index in [4.69, 9.17) is 0 Å². The molecule has 0 bridgehead atoms. The fraction of sp³-hybridized carbons (Fsp3) is 0.333. The Morgan fingerprint density at radius 1 is 1.44 bits per heavy atom. The molecule has 1 aliphatic rings. The topological polar surface area (TPSA) is 42.7 Å². The van der Waals surface area contributed by atoms with Crippen molar-refractivity contribution in [3.63, 3.8) is 0 Å². The highest BCUT2D eigenvalue weighted by molar-refractivity contribution is 9.10. The highest BCUT2D eigenvalue weighted by Crippen LogP contribution is 2.23. The lowest BCUT2D eigenvalue weighted by Crippen LogP contribution is -2.18. The number of benzene rings is 1. The van der Waals surface area contributed by atoms with Crippen LogP contribution in [-0.4, -0.2) is 21.0 Å². The summed E-state index contributed by atoms with van der Waals surface area (Å²) in [6, 6.07) is 5.16. The number of aromatic nitrogens is 3. The normalized spacial score (nSPS) is 15.0. The molecule has 94 valence electrons. The van der Waals surface area contributed by atoms with Crippen molar-refractivity contribution < 1.29 is 4.39 Å². The maximum absolute atomic E-state index is 13.1. The van der Waals surface area contributed by atoms with Crippen LogP contribution in [-0.2, 0) is 6.54 Å². The summed E-state index contributed by atoms with van der Waals surface area (Å²) >= 11 is 3.35. The van der Waals surface area contributed by atoms with Gasteiger partial charge in [0, 0.05) is 17.1 Å². The molecule has 0 unspecified atom stereocenters. The Morgan fingerprint density at radius 3 is 3.00 bits per heavy atom. The Hall–Kier alpha value is -1.27. The Balaban J connectivity index is 1.88. The van der Waals surface area contributed by atoms with E-state index in [9.17, 15) is 4.39 Å². The second-order valence-corrected chi connectivity index (χ2v) is 5.24. The zero-order valence-electron chi connectivity index (χ0n) is 9.61.